The predicted octanol–water partition coefficient (Wildman–Crippen LogP) is 4.17. The summed E-state index contributed by atoms with van der Waals surface area (Å²) in [6, 6.07) is 4.99. The van der Waals surface area contributed by atoms with Crippen LogP contribution in [-0.4, -0.2) is 46.7 Å². The molecule has 6 heteroatoms. The standard InChI is InChI=1S/C18H24BrFN2O2/c1-17(2,3)24-16(23)22-7-6-21(12-18(22)4-5-18)11-13-8-14(19)10-15(20)9-13/h8-10H,4-7,11-12H2,1-3H3. The molecule has 24 heavy (non-hydrogen) atoms. The van der Waals surface area contributed by atoms with E-state index in [0.29, 0.717) is 13.1 Å². The average molecular weight is 399 g/mol. The second-order valence-corrected chi connectivity index (χ2v) is 8.76. The van der Waals surface area contributed by atoms with Crippen LogP contribution in [0.5, 0.6) is 0 Å². The zero-order chi connectivity index (χ0) is 17.5. The first kappa shape index (κ1) is 17.7. The molecule has 1 amide bonds. The number of rotatable bonds is 2. The van der Waals surface area contributed by atoms with Crippen molar-refractivity contribution in [3.63, 3.8) is 0 Å². The van der Waals surface area contributed by atoms with E-state index in [1.165, 1.54) is 6.07 Å². The maximum Gasteiger partial charge on any atom is 0.410 e. The summed E-state index contributed by atoms with van der Waals surface area (Å²) >= 11 is 3.34. The maximum absolute atomic E-state index is 13.6. The van der Waals surface area contributed by atoms with Gasteiger partial charge in [0.25, 0.3) is 0 Å². The minimum Gasteiger partial charge on any atom is -0.444 e. The number of carbonyl (C=O) groups excluding carboxylic acids is 1. The van der Waals surface area contributed by atoms with E-state index in [1.807, 2.05) is 31.7 Å². The fourth-order valence-corrected chi connectivity index (χ4v) is 3.84. The van der Waals surface area contributed by atoms with Gasteiger partial charge >= 0.3 is 6.09 Å². The average Bonchev–Trinajstić information content (AvgIpc) is 3.15. The fraction of sp³-hybridized carbons (Fsp3) is 0.611. The quantitative estimate of drug-likeness (QED) is 0.748. The molecule has 1 aromatic rings. The number of carbonyl (C=O) groups is 1. The molecule has 1 saturated carbocycles. The third-order valence-corrected chi connectivity index (χ3v) is 4.96. The zero-order valence-electron chi connectivity index (χ0n) is 14.4. The Kier molecular flexibility index (Phi) is 4.64. The van der Waals surface area contributed by atoms with Crippen LogP contribution < -0.4 is 0 Å². The van der Waals surface area contributed by atoms with Gasteiger partial charge in [-0.1, -0.05) is 15.9 Å². The lowest BCUT2D eigenvalue weighted by Gasteiger charge is -2.42. The summed E-state index contributed by atoms with van der Waals surface area (Å²) in [6.07, 6.45) is 1.80. The lowest BCUT2D eigenvalue weighted by molar-refractivity contribution is -0.00808. The third kappa shape index (κ3) is 4.09. The molecular weight excluding hydrogens is 375 g/mol. The number of piperazine rings is 1. The molecule has 2 fully saturated rings. The smallest absolute Gasteiger partial charge is 0.410 e. The molecule has 1 spiro atoms. The molecule has 1 aromatic carbocycles. The summed E-state index contributed by atoms with van der Waals surface area (Å²) in [5.41, 5.74) is 0.381. The molecule has 1 saturated heterocycles. The zero-order valence-corrected chi connectivity index (χ0v) is 16.0. The molecular formula is C18H24BrFN2O2. The number of amides is 1. The minimum atomic E-state index is -0.474. The Bertz CT molecular complexity index is 620. The third-order valence-electron chi connectivity index (χ3n) is 4.50. The first-order valence-electron chi connectivity index (χ1n) is 8.35. The Hall–Kier alpha value is -1.14. The van der Waals surface area contributed by atoms with Crippen molar-refractivity contribution in [1.82, 2.24) is 9.80 Å². The number of hydrogen-bond donors (Lipinski definition) is 0. The van der Waals surface area contributed by atoms with E-state index >= 15 is 0 Å². The van der Waals surface area contributed by atoms with Crippen molar-refractivity contribution in [3.05, 3.63) is 34.1 Å². The van der Waals surface area contributed by atoms with Crippen LogP contribution in [0.2, 0.25) is 0 Å². The molecule has 0 radical (unpaired) electrons. The van der Waals surface area contributed by atoms with Gasteiger partial charge in [-0.05, 0) is 57.4 Å². The van der Waals surface area contributed by atoms with Gasteiger partial charge in [0.15, 0.2) is 0 Å². The maximum atomic E-state index is 13.6. The van der Waals surface area contributed by atoms with Crippen LogP contribution in [0.3, 0.4) is 0 Å². The number of nitrogens with zero attached hydrogens (tertiary/aromatic N) is 2. The Morgan fingerprint density at radius 1 is 1.29 bits per heavy atom. The summed E-state index contributed by atoms with van der Waals surface area (Å²) in [6.45, 7) is 8.62. The molecule has 132 valence electrons. The molecule has 0 bridgehead atoms. The van der Waals surface area contributed by atoms with Crippen LogP contribution in [0, 0.1) is 5.82 Å². The van der Waals surface area contributed by atoms with Gasteiger partial charge in [-0.15, -0.1) is 0 Å². The van der Waals surface area contributed by atoms with Gasteiger partial charge in [-0.25, -0.2) is 9.18 Å². The van der Waals surface area contributed by atoms with Crippen LogP contribution in [0.15, 0.2) is 22.7 Å². The summed E-state index contributed by atoms with van der Waals surface area (Å²) in [7, 11) is 0. The normalized spacial score (nSPS) is 20.3. The van der Waals surface area contributed by atoms with E-state index in [2.05, 4.69) is 20.8 Å². The highest BCUT2D eigenvalue weighted by Gasteiger charge is 2.54. The summed E-state index contributed by atoms with van der Waals surface area (Å²) in [5.74, 6) is -0.229. The lowest BCUT2D eigenvalue weighted by Crippen LogP contribution is -2.57. The monoisotopic (exact) mass is 398 g/mol. The summed E-state index contributed by atoms with van der Waals surface area (Å²) < 4.78 is 19.9. The van der Waals surface area contributed by atoms with Crippen LogP contribution in [0.4, 0.5) is 9.18 Å². The van der Waals surface area contributed by atoms with Crippen molar-refractivity contribution in [2.24, 2.45) is 0 Å². The molecule has 0 N–H and O–H groups in total. The van der Waals surface area contributed by atoms with Crippen molar-refractivity contribution >= 4 is 22.0 Å². The van der Waals surface area contributed by atoms with Gasteiger partial charge in [0.05, 0.1) is 5.54 Å². The van der Waals surface area contributed by atoms with Gasteiger partial charge in [0.2, 0.25) is 0 Å². The molecule has 2 aliphatic rings. The minimum absolute atomic E-state index is 0.0921. The van der Waals surface area contributed by atoms with Gasteiger partial charge in [-0.2, -0.15) is 0 Å². The SMILES string of the molecule is CC(C)(C)OC(=O)N1CCN(Cc2cc(F)cc(Br)c2)CC12CC2. The van der Waals surface area contributed by atoms with E-state index in [4.69, 9.17) is 4.74 Å². The number of benzene rings is 1. The Morgan fingerprint density at radius 2 is 2.00 bits per heavy atom. The first-order valence-corrected chi connectivity index (χ1v) is 9.14. The molecule has 0 atom stereocenters. The van der Waals surface area contributed by atoms with Gasteiger partial charge in [0.1, 0.15) is 11.4 Å². The van der Waals surface area contributed by atoms with Crippen molar-refractivity contribution in [2.45, 2.75) is 51.3 Å². The fourth-order valence-electron chi connectivity index (χ4n) is 3.33. The van der Waals surface area contributed by atoms with E-state index in [9.17, 15) is 9.18 Å². The lowest BCUT2D eigenvalue weighted by atomic mass is 10.1. The molecule has 0 aromatic heterocycles. The molecule has 1 aliphatic heterocycles. The van der Waals surface area contributed by atoms with Crippen molar-refractivity contribution in [1.29, 1.82) is 0 Å². The molecule has 0 unspecified atom stereocenters. The molecule has 1 aliphatic carbocycles. The largest absolute Gasteiger partial charge is 0.444 e. The predicted molar refractivity (Wildman–Crippen MR) is 94.3 cm³/mol. The highest BCUT2D eigenvalue weighted by molar-refractivity contribution is 9.10. The van der Waals surface area contributed by atoms with E-state index < -0.39 is 5.60 Å². The Morgan fingerprint density at radius 3 is 2.58 bits per heavy atom. The number of hydrogen-bond acceptors (Lipinski definition) is 3. The van der Waals surface area contributed by atoms with Crippen molar-refractivity contribution < 1.29 is 13.9 Å². The second-order valence-electron chi connectivity index (χ2n) is 7.84. The summed E-state index contributed by atoms with van der Waals surface area (Å²) in [4.78, 5) is 16.7. The Labute approximate surface area is 151 Å². The van der Waals surface area contributed by atoms with Crippen LogP contribution in [0.25, 0.3) is 0 Å². The van der Waals surface area contributed by atoms with E-state index in [-0.39, 0.29) is 17.4 Å². The van der Waals surface area contributed by atoms with E-state index in [1.54, 1.807) is 6.07 Å². The van der Waals surface area contributed by atoms with Crippen LogP contribution >= 0.6 is 15.9 Å². The highest BCUT2D eigenvalue weighted by atomic mass is 79.9. The highest BCUT2D eigenvalue weighted by Crippen LogP contribution is 2.45. The van der Waals surface area contributed by atoms with Gasteiger partial charge in [0, 0.05) is 30.7 Å². The van der Waals surface area contributed by atoms with E-state index in [0.717, 1.165) is 36.0 Å². The molecule has 3 rings (SSSR count). The van der Waals surface area contributed by atoms with Crippen molar-refractivity contribution in [3.8, 4) is 0 Å². The topological polar surface area (TPSA) is 32.8 Å². The van der Waals surface area contributed by atoms with Crippen LogP contribution in [0.1, 0.15) is 39.2 Å². The number of ether oxygens (including phenoxy) is 1. The second kappa shape index (κ2) is 6.30. The Balaban J connectivity index is 1.65. The summed E-state index contributed by atoms with van der Waals surface area (Å²) in [5, 5.41) is 0. The number of halogens is 2. The van der Waals surface area contributed by atoms with Crippen molar-refractivity contribution in [2.75, 3.05) is 19.6 Å². The molecule has 1 heterocycles. The van der Waals surface area contributed by atoms with Crippen LogP contribution in [-0.2, 0) is 11.3 Å². The van der Waals surface area contributed by atoms with Gasteiger partial charge < -0.3 is 4.74 Å². The molecule has 4 nitrogen and oxygen atoms in total. The van der Waals surface area contributed by atoms with Gasteiger partial charge in [-0.3, -0.25) is 9.80 Å². The first-order chi connectivity index (χ1) is 11.2.